The third kappa shape index (κ3) is 4.87. The minimum atomic E-state index is -0.778. The van der Waals surface area contributed by atoms with Gasteiger partial charge >= 0.3 is 5.97 Å². The van der Waals surface area contributed by atoms with Gasteiger partial charge < -0.3 is 4.74 Å². The molecule has 128 valence electrons. The fourth-order valence-electron chi connectivity index (χ4n) is 1.97. The number of anilines is 1. The number of ether oxygens (including phenoxy) is 1. The monoisotopic (exact) mass is 384 g/mol. The molecule has 1 heterocycles. The second kappa shape index (κ2) is 8.92. The molecule has 7 nitrogen and oxygen atoms in total. The van der Waals surface area contributed by atoms with Gasteiger partial charge in [0.15, 0.2) is 3.95 Å². The number of thiol groups is 1. The number of carbonyl (C=O) groups excluding carboxylic acids is 2. The van der Waals surface area contributed by atoms with E-state index in [1.54, 1.807) is 12.1 Å². The molecular formula is C14H16N4O3S3. The molecule has 0 radical (unpaired) electrons. The standard InChI is InChI=1S/C14H16N4O3S3/c1-21-12(20)9(7-22)15-10(8-5-3-2-4-6-8)11(19)16-13-17-18-14(23)24-13/h2-6,9-10,15,22H,7H2,1H3,(H,18,23)(H,16,17,19)/t9-,10?/m0/s1. The first-order valence-corrected chi connectivity index (χ1v) is 8.77. The Hall–Kier alpha value is -1.75. The molecule has 0 saturated carbocycles. The van der Waals surface area contributed by atoms with Crippen molar-refractivity contribution in [3.8, 4) is 0 Å². The molecule has 2 aromatic rings. The molecule has 2 atom stereocenters. The molecule has 1 amide bonds. The Labute approximate surface area is 153 Å². The third-order valence-corrected chi connectivity index (χ3v) is 4.47. The number of nitrogens with zero attached hydrogens (tertiary/aromatic N) is 1. The first-order valence-electron chi connectivity index (χ1n) is 6.91. The minimum Gasteiger partial charge on any atom is -0.468 e. The van der Waals surface area contributed by atoms with Crippen molar-refractivity contribution < 1.29 is 14.3 Å². The predicted octanol–water partition coefficient (Wildman–Crippen LogP) is 1.94. The van der Waals surface area contributed by atoms with E-state index in [9.17, 15) is 9.59 Å². The van der Waals surface area contributed by atoms with E-state index in [2.05, 4.69) is 33.5 Å². The SMILES string of the molecule is COC(=O)[C@H](CS)NC(C(=O)Nc1n[nH]c(=S)s1)c1ccccc1. The van der Waals surface area contributed by atoms with Crippen molar-refractivity contribution in [2.24, 2.45) is 0 Å². The molecule has 0 aliphatic heterocycles. The summed E-state index contributed by atoms with van der Waals surface area (Å²) in [4.78, 5) is 24.5. The van der Waals surface area contributed by atoms with Crippen LogP contribution >= 0.6 is 36.2 Å². The van der Waals surface area contributed by atoms with E-state index in [0.29, 0.717) is 14.6 Å². The maximum Gasteiger partial charge on any atom is 0.323 e. The van der Waals surface area contributed by atoms with E-state index >= 15 is 0 Å². The summed E-state index contributed by atoms with van der Waals surface area (Å²) in [5.74, 6) is -0.672. The van der Waals surface area contributed by atoms with Crippen molar-refractivity contribution in [3.05, 3.63) is 39.8 Å². The molecule has 0 fully saturated rings. The van der Waals surface area contributed by atoms with Crippen molar-refractivity contribution in [3.63, 3.8) is 0 Å². The van der Waals surface area contributed by atoms with Crippen LogP contribution in [0, 0.1) is 3.95 Å². The van der Waals surface area contributed by atoms with Gasteiger partial charge in [-0.15, -0.1) is 5.10 Å². The predicted molar refractivity (Wildman–Crippen MR) is 97.9 cm³/mol. The molecule has 24 heavy (non-hydrogen) atoms. The van der Waals surface area contributed by atoms with Crippen LogP contribution in [0.4, 0.5) is 5.13 Å². The maximum absolute atomic E-state index is 12.7. The number of methoxy groups -OCH3 is 1. The van der Waals surface area contributed by atoms with Crippen molar-refractivity contribution in [2.75, 3.05) is 18.2 Å². The summed E-state index contributed by atoms with van der Waals surface area (Å²) in [5.41, 5.74) is 0.699. The van der Waals surface area contributed by atoms with Crippen LogP contribution in [-0.4, -0.2) is 41.0 Å². The number of rotatable bonds is 7. The van der Waals surface area contributed by atoms with Gasteiger partial charge in [-0.25, -0.2) is 0 Å². The minimum absolute atomic E-state index is 0.185. The summed E-state index contributed by atoms with van der Waals surface area (Å²) in [6.45, 7) is 0. The zero-order valence-electron chi connectivity index (χ0n) is 12.7. The van der Waals surface area contributed by atoms with Gasteiger partial charge in [-0.1, -0.05) is 41.7 Å². The lowest BCUT2D eigenvalue weighted by atomic mass is 10.1. The molecule has 1 unspecified atom stereocenters. The Morgan fingerprint density at radius 3 is 2.67 bits per heavy atom. The lowest BCUT2D eigenvalue weighted by Crippen LogP contribution is -2.45. The highest BCUT2D eigenvalue weighted by molar-refractivity contribution is 7.80. The average molecular weight is 385 g/mol. The number of hydrogen-bond donors (Lipinski definition) is 4. The molecule has 0 bridgehead atoms. The van der Waals surface area contributed by atoms with Crippen LogP contribution in [0.1, 0.15) is 11.6 Å². The summed E-state index contributed by atoms with van der Waals surface area (Å²) >= 11 is 10.2. The van der Waals surface area contributed by atoms with Crippen LogP contribution in [-0.2, 0) is 14.3 Å². The van der Waals surface area contributed by atoms with Gasteiger partial charge in [-0.2, -0.15) is 12.6 Å². The molecule has 10 heteroatoms. The Bertz CT molecular complexity index is 747. The number of H-pyrrole nitrogens is 1. The largest absolute Gasteiger partial charge is 0.468 e. The lowest BCUT2D eigenvalue weighted by molar-refractivity contribution is -0.142. The first kappa shape index (κ1) is 18.6. The summed E-state index contributed by atoms with van der Waals surface area (Å²) in [7, 11) is 1.29. The van der Waals surface area contributed by atoms with E-state index in [0.717, 1.165) is 11.3 Å². The van der Waals surface area contributed by atoms with Gasteiger partial charge in [-0.05, 0) is 17.8 Å². The number of hydrogen-bond acceptors (Lipinski definition) is 8. The number of aromatic amines is 1. The first-order chi connectivity index (χ1) is 11.5. The molecule has 1 aromatic heterocycles. The normalized spacial score (nSPS) is 13.1. The molecule has 0 spiro atoms. The molecule has 1 aromatic carbocycles. The molecule has 0 saturated heterocycles. The molecular weight excluding hydrogens is 368 g/mol. The topological polar surface area (TPSA) is 96.1 Å². The number of nitrogens with one attached hydrogen (secondary N) is 3. The number of benzene rings is 1. The average Bonchev–Trinajstić information content (AvgIpc) is 3.00. The van der Waals surface area contributed by atoms with Gasteiger partial charge in [0.2, 0.25) is 11.0 Å². The number of esters is 1. The quantitative estimate of drug-likeness (QED) is 0.331. The van der Waals surface area contributed by atoms with Crippen LogP contribution in [0.2, 0.25) is 0 Å². The van der Waals surface area contributed by atoms with Crippen molar-refractivity contribution in [2.45, 2.75) is 12.1 Å². The highest BCUT2D eigenvalue weighted by atomic mass is 32.1. The molecule has 3 N–H and O–H groups in total. The zero-order valence-corrected chi connectivity index (χ0v) is 15.2. The van der Waals surface area contributed by atoms with Crippen molar-refractivity contribution in [1.29, 1.82) is 0 Å². The van der Waals surface area contributed by atoms with E-state index in [1.807, 2.05) is 18.2 Å². The molecule has 0 aliphatic carbocycles. The third-order valence-electron chi connectivity index (χ3n) is 3.10. The number of amides is 1. The number of aromatic nitrogens is 2. The highest BCUT2D eigenvalue weighted by Crippen LogP contribution is 2.18. The summed E-state index contributed by atoms with van der Waals surface area (Å²) in [6.07, 6.45) is 0. The highest BCUT2D eigenvalue weighted by Gasteiger charge is 2.28. The zero-order chi connectivity index (χ0) is 17.5. The Kier molecular flexibility index (Phi) is 6.91. The van der Waals surface area contributed by atoms with E-state index in [4.69, 9.17) is 17.0 Å². The fourth-order valence-corrected chi connectivity index (χ4v) is 3.02. The van der Waals surface area contributed by atoms with E-state index < -0.39 is 18.1 Å². The summed E-state index contributed by atoms with van der Waals surface area (Å²) < 4.78 is 5.19. The van der Waals surface area contributed by atoms with Crippen LogP contribution in [0.5, 0.6) is 0 Å². The van der Waals surface area contributed by atoms with Gasteiger partial charge in [0, 0.05) is 5.75 Å². The van der Waals surface area contributed by atoms with Crippen molar-refractivity contribution in [1.82, 2.24) is 15.5 Å². The second-order valence-corrected chi connectivity index (χ2v) is 6.71. The van der Waals surface area contributed by atoms with Gasteiger partial charge in [0.05, 0.1) is 7.11 Å². The smallest absolute Gasteiger partial charge is 0.323 e. The van der Waals surface area contributed by atoms with Gasteiger partial charge in [0.25, 0.3) is 0 Å². The molecule has 0 aliphatic rings. The maximum atomic E-state index is 12.7. The summed E-state index contributed by atoms with van der Waals surface area (Å²) in [5, 5.41) is 12.5. The lowest BCUT2D eigenvalue weighted by Gasteiger charge is -2.22. The second-order valence-electron chi connectivity index (χ2n) is 4.68. The Morgan fingerprint density at radius 2 is 2.12 bits per heavy atom. The van der Waals surface area contributed by atoms with E-state index in [-0.39, 0.29) is 11.7 Å². The van der Waals surface area contributed by atoms with Crippen LogP contribution < -0.4 is 10.6 Å². The Morgan fingerprint density at radius 1 is 1.42 bits per heavy atom. The Balaban J connectivity index is 2.23. The van der Waals surface area contributed by atoms with E-state index in [1.165, 1.54) is 7.11 Å². The van der Waals surface area contributed by atoms with Gasteiger partial charge in [-0.3, -0.25) is 25.3 Å². The number of carbonyl (C=O) groups is 2. The van der Waals surface area contributed by atoms with Crippen LogP contribution in [0.25, 0.3) is 0 Å². The van der Waals surface area contributed by atoms with Gasteiger partial charge in [0.1, 0.15) is 12.1 Å². The van der Waals surface area contributed by atoms with Crippen molar-refractivity contribution >= 4 is 53.2 Å². The van der Waals surface area contributed by atoms with Crippen LogP contribution in [0.15, 0.2) is 30.3 Å². The molecule has 2 rings (SSSR count). The fraction of sp³-hybridized carbons (Fsp3) is 0.286. The van der Waals surface area contributed by atoms with Crippen LogP contribution in [0.3, 0.4) is 0 Å². The summed E-state index contributed by atoms with van der Waals surface area (Å²) in [6, 6.07) is 7.53.